The number of hydrogen-bond acceptors (Lipinski definition) is 4. The van der Waals surface area contributed by atoms with Gasteiger partial charge in [-0.05, 0) is 42.3 Å². The summed E-state index contributed by atoms with van der Waals surface area (Å²) in [6.07, 6.45) is 1.88. The van der Waals surface area contributed by atoms with E-state index in [0.29, 0.717) is 29.9 Å². The topological polar surface area (TPSA) is 83.8 Å². The van der Waals surface area contributed by atoms with Crippen molar-refractivity contribution in [1.82, 2.24) is 0 Å². The maximum absolute atomic E-state index is 12.8. The lowest BCUT2D eigenvalue weighted by atomic mass is 10.1. The summed E-state index contributed by atoms with van der Waals surface area (Å²) < 4.78 is 0. The van der Waals surface area contributed by atoms with E-state index in [1.807, 2.05) is 0 Å². The van der Waals surface area contributed by atoms with Crippen LogP contribution in [0.4, 0.5) is 17.1 Å². The van der Waals surface area contributed by atoms with Crippen molar-refractivity contribution in [3.63, 3.8) is 0 Å². The molecule has 0 spiro atoms. The molecule has 1 aliphatic heterocycles. The second kappa shape index (κ2) is 6.79. The molecule has 1 heterocycles. The Kier molecular flexibility index (Phi) is 4.53. The highest BCUT2D eigenvalue weighted by Crippen LogP contribution is 2.32. The van der Waals surface area contributed by atoms with Gasteiger partial charge in [0.25, 0.3) is 11.6 Å². The fourth-order valence-corrected chi connectivity index (χ4v) is 2.94. The van der Waals surface area contributed by atoms with Gasteiger partial charge in [-0.2, -0.15) is 0 Å². The van der Waals surface area contributed by atoms with E-state index >= 15 is 0 Å². The lowest BCUT2D eigenvalue weighted by Crippen LogP contribution is -2.29. The molecule has 26 heavy (non-hydrogen) atoms. The second-order valence-corrected chi connectivity index (χ2v) is 5.93. The van der Waals surface area contributed by atoms with Gasteiger partial charge in [0.15, 0.2) is 0 Å². The first kappa shape index (κ1) is 17.3. The van der Waals surface area contributed by atoms with E-state index in [4.69, 9.17) is 0 Å². The standard InChI is InChI=1S/C19H17N3O4/c1-3-18(23)20(2)15-7-5-14(6-8-15)19(24)21-11-10-13-4-9-16(22(25)26)12-17(13)21/h3-9,12H,1,10-11H2,2H3. The molecule has 132 valence electrons. The van der Waals surface area contributed by atoms with Gasteiger partial charge in [-0.3, -0.25) is 19.7 Å². The van der Waals surface area contributed by atoms with E-state index in [2.05, 4.69) is 6.58 Å². The van der Waals surface area contributed by atoms with Crippen LogP contribution in [-0.2, 0) is 11.2 Å². The monoisotopic (exact) mass is 351 g/mol. The van der Waals surface area contributed by atoms with Crippen LogP contribution in [-0.4, -0.2) is 30.3 Å². The van der Waals surface area contributed by atoms with Crippen LogP contribution in [0.25, 0.3) is 0 Å². The zero-order valence-corrected chi connectivity index (χ0v) is 14.2. The zero-order chi connectivity index (χ0) is 18.8. The van der Waals surface area contributed by atoms with Gasteiger partial charge in [-0.25, -0.2) is 0 Å². The number of nitro groups is 1. The van der Waals surface area contributed by atoms with Crippen molar-refractivity contribution in [2.24, 2.45) is 0 Å². The lowest BCUT2D eigenvalue weighted by Gasteiger charge is -2.19. The number of nitro benzene ring substituents is 1. The van der Waals surface area contributed by atoms with Crippen molar-refractivity contribution in [3.05, 3.63) is 76.4 Å². The molecule has 0 unspecified atom stereocenters. The molecule has 7 heteroatoms. The predicted octanol–water partition coefficient (Wildman–Crippen LogP) is 2.95. The van der Waals surface area contributed by atoms with Crippen LogP contribution in [0.1, 0.15) is 15.9 Å². The highest BCUT2D eigenvalue weighted by atomic mass is 16.6. The van der Waals surface area contributed by atoms with Crippen LogP contribution >= 0.6 is 0 Å². The molecule has 2 aromatic rings. The highest BCUT2D eigenvalue weighted by molar-refractivity contribution is 6.08. The van der Waals surface area contributed by atoms with Gasteiger partial charge in [0.1, 0.15) is 0 Å². The average molecular weight is 351 g/mol. The smallest absolute Gasteiger partial charge is 0.271 e. The fourth-order valence-electron chi connectivity index (χ4n) is 2.94. The van der Waals surface area contributed by atoms with E-state index in [0.717, 1.165) is 5.56 Å². The number of benzene rings is 2. The molecule has 2 aromatic carbocycles. The van der Waals surface area contributed by atoms with Crippen LogP contribution in [0.2, 0.25) is 0 Å². The summed E-state index contributed by atoms with van der Waals surface area (Å²) in [5.74, 6) is -0.474. The third kappa shape index (κ3) is 3.06. The molecule has 0 aliphatic carbocycles. The van der Waals surface area contributed by atoms with Gasteiger partial charge < -0.3 is 9.80 Å². The summed E-state index contributed by atoms with van der Waals surface area (Å²) in [5, 5.41) is 11.0. The Morgan fingerprint density at radius 2 is 1.92 bits per heavy atom. The van der Waals surface area contributed by atoms with E-state index < -0.39 is 4.92 Å². The molecule has 0 aromatic heterocycles. The summed E-state index contributed by atoms with van der Waals surface area (Å²) in [7, 11) is 1.62. The fraction of sp³-hybridized carbons (Fsp3) is 0.158. The number of anilines is 2. The van der Waals surface area contributed by atoms with Crippen LogP contribution in [0.5, 0.6) is 0 Å². The maximum Gasteiger partial charge on any atom is 0.271 e. The number of carbonyl (C=O) groups is 2. The molecule has 0 saturated heterocycles. The summed E-state index contributed by atoms with van der Waals surface area (Å²) >= 11 is 0. The number of carbonyl (C=O) groups excluding carboxylic acids is 2. The Bertz CT molecular complexity index is 906. The molecule has 0 atom stereocenters. The lowest BCUT2D eigenvalue weighted by molar-refractivity contribution is -0.384. The van der Waals surface area contributed by atoms with E-state index in [1.54, 1.807) is 42.3 Å². The summed E-state index contributed by atoms with van der Waals surface area (Å²) in [5.41, 5.74) is 2.55. The van der Waals surface area contributed by atoms with Crippen molar-refractivity contribution >= 4 is 28.9 Å². The third-order valence-corrected chi connectivity index (χ3v) is 4.43. The second-order valence-electron chi connectivity index (χ2n) is 5.93. The number of fused-ring (bicyclic) bond motifs is 1. The molecule has 1 aliphatic rings. The molecule has 0 fully saturated rings. The molecule has 0 saturated carbocycles. The van der Waals surface area contributed by atoms with E-state index in [1.165, 1.54) is 23.1 Å². The Morgan fingerprint density at radius 3 is 2.54 bits per heavy atom. The van der Waals surface area contributed by atoms with Crippen molar-refractivity contribution in [2.75, 3.05) is 23.4 Å². The first-order valence-electron chi connectivity index (χ1n) is 8.01. The van der Waals surface area contributed by atoms with Crippen molar-refractivity contribution in [3.8, 4) is 0 Å². The van der Waals surface area contributed by atoms with Crippen molar-refractivity contribution in [1.29, 1.82) is 0 Å². The Balaban J connectivity index is 1.85. The maximum atomic E-state index is 12.8. The number of non-ortho nitro benzene ring substituents is 1. The number of hydrogen-bond donors (Lipinski definition) is 0. The van der Waals surface area contributed by atoms with E-state index in [9.17, 15) is 19.7 Å². The number of likely N-dealkylation sites (N-methyl/N-ethyl adjacent to an activating group) is 1. The minimum Gasteiger partial charge on any atom is -0.312 e. The van der Waals surface area contributed by atoms with Crippen LogP contribution in [0, 0.1) is 10.1 Å². The van der Waals surface area contributed by atoms with Gasteiger partial charge in [-0.1, -0.05) is 12.6 Å². The molecule has 0 bridgehead atoms. The minimum atomic E-state index is -0.470. The van der Waals surface area contributed by atoms with Crippen LogP contribution in [0.3, 0.4) is 0 Å². The average Bonchev–Trinajstić information content (AvgIpc) is 3.09. The largest absolute Gasteiger partial charge is 0.312 e. The summed E-state index contributed by atoms with van der Waals surface area (Å²) in [4.78, 5) is 38.0. The molecular weight excluding hydrogens is 334 g/mol. The number of amides is 2. The van der Waals surface area contributed by atoms with Crippen LogP contribution < -0.4 is 9.80 Å². The normalized spacial score (nSPS) is 12.4. The molecule has 0 radical (unpaired) electrons. The molecule has 7 nitrogen and oxygen atoms in total. The van der Waals surface area contributed by atoms with Gasteiger partial charge >= 0.3 is 0 Å². The number of rotatable bonds is 4. The highest BCUT2D eigenvalue weighted by Gasteiger charge is 2.27. The van der Waals surface area contributed by atoms with Gasteiger partial charge in [0.05, 0.1) is 10.6 Å². The third-order valence-electron chi connectivity index (χ3n) is 4.43. The van der Waals surface area contributed by atoms with E-state index in [-0.39, 0.29) is 17.5 Å². The van der Waals surface area contributed by atoms with Crippen molar-refractivity contribution < 1.29 is 14.5 Å². The zero-order valence-electron chi connectivity index (χ0n) is 14.2. The van der Waals surface area contributed by atoms with Crippen LogP contribution in [0.15, 0.2) is 55.1 Å². The Morgan fingerprint density at radius 1 is 1.23 bits per heavy atom. The molecule has 0 N–H and O–H groups in total. The molecule has 3 rings (SSSR count). The first-order chi connectivity index (χ1) is 12.4. The summed E-state index contributed by atoms with van der Waals surface area (Å²) in [6.45, 7) is 3.92. The van der Waals surface area contributed by atoms with Gasteiger partial charge in [0, 0.05) is 37.0 Å². The number of nitrogens with zero attached hydrogens (tertiary/aromatic N) is 3. The van der Waals surface area contributed by atoms with Crippen molar-refractivity contribution in [2.45, 2.75) is 6.42 Å². The quantitative estimate of drug-likeness (QED) is 0.482. The van der Waals surface area contributed by atoms with Gasteiger partial charge in [-0.15, -0.1) is 0 Å². The Hall–Kier alpha value is -3.48. The summed E-state index contributed by atoms with van der Waals surface area (Å²) in [6, 6.07) is 11.2. The Labute approximate surface area is 150 Å². The SMILES string of the molecule is C=CC(=O)N(C)c1ccc(C(=O)N2CCc3ccc([N+](=O)[O-])cc32)cc1. The minimum absolute atomic E-state index is 0.0386. The molecule has 2 amide bonds. The van der Waals surface area contributed by atoms with Gasteiger partial charge in [0.2, 0.25) is 5.91 Å². The molecular formula is C19H17N3O4. The predicted molar refractivity (Wildman–Crippen MR) is 98.5 cm³/mol. The first-order valence-corrected chi connectivity index (χ1v) is 8.01.